The maximum absolute atomic E-state index is 12.1. The second kappa shape index (κ2) is 7.13. The van der Waals surface area contributed by atoms with Crippen molar-refractivity contribution in [2.24, 2.45) is 0 Å². The SMILES string of the molecule is CC(Oc1cccnc1[N+](=O)[O-])C(=O)Nc1cccc([N+](=O)[O-])c1. The van der Waals surface area contributed by atoms with Gasteiger partial charge in [-0.05, 0) is 35.0 Å². The maximum atomic E-state index is 12.1. The number of ether oxygens (including phenoxy) is 1. The summed E-state index contributed by atoms with van der Waals surface area (Å²) in [6.45, 7) is 1.39. The van der Waals surface area contributed by atoms with E-state index in [1.807, 2.05) is 0 Å². The Bertz CT molecular complexity index is 794. The van der Waals surface area contributed by atoms with Crippen LogP contribution in [0.25, 0.3) is 0 Å². The van der Waals surface area contributed by atoms with E-state index in [0.29, 0.717) is 0 Å². The van der Waals surface area contributed by atoms with Gasteiger partial charge < -0.3 is 20.2 Å². The molecule has 2 rings (SSSR count). The van der Waals surface area contributed by atoms with Crippen LogP contribution in [0.15, 0.2) is 42.6 Å². The predicted octanol–water partition coefficient (Wildman–Crippen LogP) is 2.30. The molecule has 0 aliphatic heterocycles. The average Bonchev–Trinajstić information content (AvgIpc) is 2.55. The number of nitrogens with zero attached hydrogens (tertiary/aromatic N) is 3. The van der Waals surface area contributed by atoms with Gasteiger partial charge in [0.2, 0.25) is 5.75 Å². The molecular weight excluding hydrogens is 320 g/mol. The molecule has 1 heterocycles. The predicted molar refractivity (Wildman–Crippen MR) is 82.7 cm³/mol. The molecule has 1 N–H and O–H groups in total. The van der Waals surface area contributed by atoms with E-state index in [1.54, 1.807) is 0 Å². The van der Waals surface area contributed by atoms with Gasteiger partial charge in [-0.15, -0.1) is 0 Å². The average molecular weight is 332 g/mol. The van der Waals surface area contributed by atoms with Crippen molar-refractivity contribution in [3.8, 4) is 5.75 Å². The Balaban J connectivity index is 2.09. The van der Waals surface area contributed by atoms with Gasteiger partial charge in [0.25, 0.3) is 11.6 Å². The first-order chi connectivity index (χ1) is 11.4. The Labute approximate surface area is 135 Å². The van der Waals surface area contributed by atoms with Crippen LogP contribution in [0.3, 0.4) is 0 Å². The van der Waals surface area contributed by atoms with E-state index in [1.165, 1.54) is 49.5 Å². The molecule has 0 fully saturated rings. The van der Waals surface area contributed by atoms with Gasteiger partial charge in [0, 0.05) is 17.8 Å². The maximum Gasteiger partial charge on any atom is 0.406 e. The summed E-state index contributed by atoms with van der Waals surface area (Å²) in [4.78, 5) is 35.9. The standard InChI is InChI=1S/C14H12N4O6/c1-9(24-12-6-3-7-15-13(12)18(22)23)14(19)16-10-4-2-5-11(8-10)17(20)21/h2-9H,1H3,(H,16,19). The number of hydrogen-bond acceptors (Lipinski definition) is 7. The Kier molecular flexibility index (Phi) is 5.00. The van der Waals surface area contributed by atoms with Crippen molar-refractivity contribution in [3.63, 3.8) is 0 Å². The van der Waals surface area contributed by atoms with Crippen LogP contribution in [0, 0.1) is 20.2 Å². The van der Waals surface area contributed by atoms with Crippen LogP contribution < -0.4 is 10.1 Å². The topological polar surface area (TPSA) is 138 Å². The quantitative estimate of drug-likeness (QED) is 0.632. The third-order valence-corrected chi connectivity index (χ3v) is 2.92. The van der Waals surface area contributed by atoms with E-state index < -0.39 is 27.7 Å². The molecule has 10 nitrogen and oxygen atoms in total. The first kappa shape index (κ1) is 16.8. The highest BCUT2D eigenvalue weighted by atomic mass is 16.6. The number of nitro groups is 2. The van der Waals surface area contributed by atoms with E-state index in [9.17, 15) is 25.0 Å². The second-order valence-corrected chi connectivity index (χ2v) is 4.64. The van der Waals surface area contributed by atoms with Gasteiger partial charge in [-0.2, -0.15) is 0 Å². The first-order valence-corrected chi connectivity index (χ1v) is 6.70. The molecule has 0 spiro atoms. The third kappa shape index (κ3) is 4.00. The summed E-state index contributed by atoms with van der Waals surface area (Å²) >= 11 is 0. The van der Waals surface area contributed by atoms with E-state index in [-0.39, 0.29) is 17.1 Å². The van der Waals surface area contributed by atoms with Crippen LogP contribution in [-0.2, 0) is 4.79 Å². The van der Waals surface area contributed by atoms with Crippen molar-refractivity contribution in [1.29, 1.82) is 0 Å². The minimum absolute atomic E-state index is 0.149. The first-order valence-electron chi connectivity index (χ1n) is 6.70. The largest absolute Gasteiger partial charge is 0.473 e. The number of anilines is 1. The lowest BCUT2D eigenvalue weighted by Crippen LogP contribution is -2.30. The minimum atomic E-state index is -1.08. The van der Waals surface area contributed by atoms with E-state index >= 15 is 0 Å². The number of non-ortho nitro benzene ring substituents is 1. The van der Waals surface area contributed by atoms with Crippen LogP contribution in [-0.4, -0.2) is 26.8 Å². The van der Waals surface area contributed by atoms with Gasteiger partial charge in [-0.3, -0.25) is 14.9 Å². The van der Waals surface area contributed by atoms with Crippen LogP contribution in [0.4, 0.5) is 17.2 Å². The number of hydrogen-bond donors (Lipinski definition) is 1. The normalized spacial score (nSPS) is 11.4. The zero-order chi connectivity index (χ0) is 17.7. The highest BCUT2D eigenvalue weighted by Crippen LogP contribution is 2.24. The molecule has 0 radical (unpaired) electrons. The smallest absolute Gasteiger partial charge is 0.406 e. The molecule has 10 heteroatoms. The molecule has 2 aromatic rings. The Morgan fingerprint density at radius 1 is 1.21 bits per heavy atom. The number of carbonyl (C=O) groups is 1. The van der Waals surface area contributed by atoms with Crippen LogP contribution in [0.2, 0.25) is 0 Å². The molecule has 0 aliphatic carbocycles. The second-order valence-electron chi connectivity index (χ2n) is 4.64. The Hall–Kier alpha value is -3.56. The summed E-state index contributed by atoms with van der Waals surface area (Å²) < 4.78 is 5.27. The van der Waals surface area contributed by atoms with Crippen molar-refractivity contribution in [2.75, 3.05) is 5.32 Å². The van der Waals surface area contributed by atoms with E-state index in [2.05, 4.69) is 10.3 Å². The third-order valence-electron chi connectivity index (χ3n) is 2.92. The summed E-state index contributed by atoms with van der Waals surface area (Å²) in [6, 6.07) is 8.14. The van der Waals surface area contributed by atoms with Crippen molar-refractivity contribution in [3.05, 3.63) is 62.8 Å². The molecular formula is C14H12N4O6. The zero-order valence-electron chi connectivity index (χ0n) is 12.4. The van der Waals surface area contributed by atoms with Crippen molar-refractivity contribution in [1.82, 2.24) is 4.98 Å². The fraction of sp³-hybridized carbons (Fsp3) is 0.143. The Morgan fingerprint density at radius 2 is 1.96 bits per heavy atom. The molecule has 1 aromatic carbocycles. The lowest BCUT2D eigenvalue weighted by molar-refractivity contribution is -0.390. The number of rotatable bonds is 6. The molecule has 0 bridgehead atoms. The number of benzene rings is 1. The number of nitro benzene ring substituents is 1. The summed E-state index contributed by atoms with van der Waals surface area (Å²) in [6.07, 6.45) is 0.158. The van der Waals surface area contributed by atoms with Gasteiger partial charge in [-0.1, -0.05) is 6.07 Å². The number of carbonyl (C=O) groups excluding carboxylic acids is 1. The molecule has 0 aliphatic rings. The van der Waals surface area contributed by atoms with E-state index in [4.69, 9.17) is 4.74 Å². The molecule has 24 heavy (non-hydrogen) atoms. The number of aromatic nitrogens is 1. The summed E-state index contributed by atoms with van der Waals surface area (Å²) in [7, 11) is 0. The minimum Gasteiger partial charge on any atom is -0.473 e. The van der Waals surface area contributed by atoms with Crippen molar-refractivity contribution in [2.45, 2.75) is 13.0 Å². The van der Waals surface area contributed by atoms with Crippen LogP contribution in [0.1, 0.15) is 6.92 Å². The monoisotopic (exact) mass is 332 g/mol. The summed E-state index contributed by atoms with van der Waals surface area (Å²) in [5.74, 6) is -1.27. The highest BCUT2D eigenvalue weighted by Gasteiger charge is 2.22. The highest BCUT2D eigenvalue weighted by molar-refractivity contribution is 5.94. The molecule has 0 saturated heterocycles. The molecule has 0 saturated carbocycles. The molecule has 124 valence electrons. The van der Waals surface area contributed by atoms with Gasteiger partial charge in [0.15, 0.2) is 6.10 Å². The summed E-state index contributed by atoms with van der Waals surface area (Å²) in [5.41, 5.74) is 0.0367. The molecule has 1 atom stereocenters. The van der Waals surface area contributed by atoms with Gasteiger partial charge in [0.1, 0.15) is 6.20 Å². The molecule has 1 unspecified atom stereocenters. The van der Waals surface area contributed by atoms with Gasteiger partial charge >= 0.3 is 5.82 Å². The lowest BCUT2D eigenvalue weighted by atomic mass is 10.2. The molecule has 1 aromatic heterocycles. The fourth-order valence-corrected chi connectivity index (χ4v) is 1.80. The zero-order valence-corrected chi connectivity index (χ0v) is 12.4. The van der Waals surface area contributed by atoms with Gasteiger partial charge in [0.05, 0.1) is 4.92 Å². The van der Waals surface area contributed by atoms with Crippen LogP contribution in [0.5, 0.6) is 5.75 Å². The Morgan fingerprint density at radius 3 is 2.62 bits per heavy atom. The number of amides is 1. The summed E-state index contributed by atoms with van der Waals surface area (Å²) in [5, 5.41) is 24.0. The van der Waals surface area contributed by atoms with Crippen molar-refractivity contribution >= 4 is 23.1 Å². The fourth-order valence-electron chi connectivity index (χ4n) is 1.80. The number of nitrogens with one attached hydrogen (secondary N) is 1. The van der Waals surface area contributed by atoms with Crippen molar-refractivity contribution < 1.29 is 19.4 Å². The van der Waals surface area contributed by atoms with Gasteiger partial charge in [-0.25, -0.2) is 0 Å². The van der Waals surface area contributed by atoms with Crippen LogP contribution >= 0.6 is 0 Å². The number of pyridine rings is 1. The van der Waals surface area contributed by atoms with E-state index in [0.717, 1.165) is 0 Å². The lowest BCUT2D eigenvalue weighted by Gasteiger charge is -2.14. The molecule has 1 amide bonds.